The van der Waals surface area contributed by atoms with Gasteiger partial charge in [0.25, 0.3) is 5.91 Å². The molecule has 1 aliphatic carbocycles. The van der Waals surface area contributed by atoms with E-state index in [-0.39, 0.29) is 5.91 Å². The second kappa shape index (κ2) is 7.56. The molecule has 0 saturated heterocycles. The molecular formula is C15H23N3O2S. The summed E-state index contributed by atoms with van der Waals surface area (Å²) in [5.41, 5.74) is 5.66. The summed E-state index contributed by atoms with van der Waals surface area (Å²) in [5.74, 6) is -0.602. The number of nitrogens with two attached hydrogens (primary N) is 1. The van der Waals surface area contributed by atoms with Crippen molar-refractivity contribution in [2.75, 3.05) is 18.9 Å². The molecule has 0 bridgehead atoms. The van der Waals surface area contributed by atoms with Crippen LogP contribution in [0.4, 0.5) is 5.00 Å². The summed E-state index contributed by atoms with van der Waals surface area (Å²) in [5, 5.41) is 5.09. The van der Waals surface area contributed by atoms with Gasteiger partial charge in [0.15, 0.2) is 0 Å². The first kappa shape index (κ1) is 16.0. The number of carbonyl (C=O) groups excluding carboxylic acids is 2. The number of likely N-dealkylation sites (N-methyl/N-ethyl adjacent to an activating group) is 1. The first-order valence-electron chi connectivity index (χ1n) is 7.45. The lowest BCUT2D eigenvalue weighted by Gasteiger charge is -2.26. The molecule has 0 atom stereocenters. The normalized spacial score (nSPS) is 16.7. The van der Waals surface area contributed by atoms with Gasteiger partial charge < -0.3 is 11.1 Å². The lowest BCUT2D eigenvalue weighted by atomic mass is 10.1. The highest BCUT2D eigenvalue weighted by Crippen LogP contribution is 2.23. The summed E-state index contributed by atoms with van der Waals surface area (Å²) in [6, 6.07) is 2.12. The summed E-state index contributed by atoms with van der Waals surface area (Å²) in [6.07, 6.45) is 7.41. The van der Waals surface area contributed by atoms with Crippen molar-refractivity contribution >= 4 is 28.2 Å². The van der Waals surface area contributed by atoms with Crippen LogP contribution in [0.25, 0.3) is 0 Å². The third kappa shape index (κ3) is 4.54. The largest absolute Gasteiger partial charge is 0.366 e. The molecule has 1 aromatic heterocycles. The molecule has 2 rings (SSSR count). The maximum Gasteiger partial charge on any atom is 0.251 e. The van der Waals surface area contributed by atoms with Crippen molar-refractivity contribution in [1.82, 2.24) is 4.90 Å². The summed E-state index contributed by atoms with van der Waals surface area (Å²) in [6.45, 7) is 0.348. The Labute approximate surface area is 129 Å². The minimum Gasteiger partial charge on any atom is -0.366 e. The van der Waals surface area contributed by atoms with Crippen LogP contribution < -0.4 is 11.1 Å². The fraction of sp³-hybridized carbons (Fsp3) is 0.600. The van der Waals surface area contributed by atoms with Gasteiger partial charge in [0.1, 0.15) is 5.00 Å². The predicted molar refractivity (Wildman–Crippen MR) is 85.6 cm³/mol. The molecule has 1 saturated carbocycles. The quantitative estimate of drug-likeness (QED) is 0.820. The molecule has 1 aliphatic rings. The van der Waals surface area contributed by atoms with E-state index < -0.39 is 5.91 Å². The van der Waals surface area contributed by atoms with Crippen molar-refractivity contribution in [3.8, 4) is 0 Å². The van der Waals surface area contributed by atoms with Crippen LogP contribution in [0.2, 0.25) is 0 Å². The molecule has 0 radical (unpaired) electrons. The Balaban J connectivity index is 1.88. The van der Waals surface area contributed by atoms with E-state index in [4.69, 9.17) is 5.73 Å². The lowest BCUT2D eigenvalue weighted by Crippen LogP contribution is -2.37. The van der Waals surface area contributed by atoms with Crippen LogP contribution in [0, 0.1) is 0 Å². The number of primary amides is 1. The molecule has 5 nitrogen and oxygen atoms in total. The van der Waals surface area contributed by atoms with Crippen LogP contribution in [-0.2, 0) is 4.79 Å². The summed E-state index contributed by atoms with van der Waals surface area (Å²) < 4.78 is 0. The highest BCUT2D eigenvalue weighted by molar-refractivity contribution is 7.14. The number of carbonyl (C=O) groups is 2. The van der Waals surface area contributed by atoms with Crippen molar-refractivity contribution in [1.29, 1.82) is 0 Å². The Morgan fingerprint density at radius 3 is 2.62 bits per heavy atom. The topological polar surface area (TPSA) is 75.4 Å². The second-order valence-corrected chi connectivity index (χ2v) is 6.55. The Morgan fingerprint density at radius 2 is 2.00 bits per heavy atom. The number of nitrogens with zero attached hydrogens (tertiary/aromatic N) is 1. The summed E-state index contributed by atoms with van der Waals surface area (Å²) in [4.78, 5) is 25.5. The van der Waals surface area contributed by atoms with Crippen LogP contribution in [-0.4, -0.2) is 36.3 Å². The van der Waals surface area contributed by atoms with Crippen LogP contribution in [0.15, 0.2) is 11.4 Å². The summed E-state index contributed by atoms with van der Waals surface area (Å²) >= 11 is 1.32. The van der Waals surface area contributed by atoms with Gasteiger partial charge in [0.2, 0.25) is 5.91 Å². The molecule has 21 heavy (non-hydrogen) atoms. The average Bonchev–Trinajstić information content (AvgIpc) is 2.72. The third-order valence-electron chi connectivity index (χ3n) is 4.02. The van der Waals surface area contributed by atoms with Gasteiger partial charge >= 0.3 is 0 Å². The molecule has 1 heterocycles. The van der Waals surface area contributed by atoms with Gasteiger partial charge in [-0.25, -0.2) is 0 Å². The van der Waals surface area contributed by atoms with E-state index in [0.717, 1.165) is 12.8 Å². The maximum atomic E-state index is 12.1. The molecule has 0 aromatic carbocycles. The summed E-state index contributed by atoms with van der Waals surface area (Å²) in [7, 11) is 2.00. The SMILES string of the molecule is CN(CC(=O)Nc1sccc1C(N)=O)C1CCCCCC1. The van der Waals surface area contributed by atoms with Crippen molar-refractivity contribution in [3.63, 3.8) is 0 Å². The predicted octanol–water partition coefficient (Wildman–Crippen LogP) is 2.44. The molecule has 0 unspecified atom stereocenters. The van der Waals surface area contributed by atoms with Crippen LogP contribution >= 0.6 is 11.3 Å². The first-order valence-corrected chi connectivity index (χ1v) is 8.33. The molecule has 3 N–H and O–H groups in total. The monoisotopic (exact) mass is 309 g/mol. The zero-order chi connectivity index (χ0) is 15.2. The fourth-order valence-corrected chi connectivity index (χ4v) is 3.63. The second-order valence-electron chi connectivity index (χ2n) is 5.64. The Bertz CT molecular complexity index is 493. The number of hydrogen-bond acceptors (Lipinski definition) is 4. The van der Waals surface area contributed by atoms with Gasteiger partial charge in [-0.15, -0.1) is 11.3 Å². The van der Waals surface area contributed by atoms with E-state index in [9.17, 15) is 9.59 Å². The van der Waals surface area contributed by atoms with Gasteiger partial charge in [0.05, 0.1) is 12.1 Å². The molecule has 116 valence electrons. The maximum absolute atomic E-state index is 12.1. The lowest BCUT2D eigenvalue weighted by molar-refractivity contribution is -0.117. The molecular weight excluding hydrogens is 286 g/mol. The van der Waals surface area contributed by atoms with Gasteiger partial charge in [-0.05, 0) is 31.3 Å². The number of thiophene rings is 1. The minimum absolute atomic E-state index is 0.0910. The zero-order valence-corrected chi connectivity index (χ0v) is 13.2. The molecule has 1 aromatic rings. The van der Waals surface area contributed by atoms with E-state index in [1.807, 2.05) is 7.05 Å². The Hall–Kier alpha value is -1.40. The van der Waals surface area contributed by atoms with E-state index in [1.54, 1.807) is 11.4 Å². The van der Waals surface area contributed by atoms with Crippen LogP contribution in [0.3, 0.4) is 0 Å². The highest BCUT2D eigenvalue weighted by atomic mass is 32.1. The highest BCUT2D eigenvalue weighted by Gasteiger charge is 2.20. The minimum atomic E-state index is -0.510. The standard InChI is InChI=1S/C15H23N3O2S/c1-18(11-6-4-2-3-5-7-11)10-13(19)17-15-12(14(16)20)8-9-21-15/h8-9,11H,2-7,10H2,1H3,(H2,16,20)(H,17,19). The third-order valence-corrected chi connectivity index (χ3v) is 4.85. The van der Waals surface area contributed by atoms with Crippen LogP contribution in [0.5, 0.6) is 0 Å². The molecule has 6 heteroatoms. The smallest absolute Gasteiger partial charge is 0.251 e. The number of nitrogens with one attached hydrogen (secondary N) is 1. The van der Waals surface area contributed by atoms with Crippen molar-refractivity contribution < 1.29 is 9.59 Å². The van der Waals surface area contributed by atoms with E-state index in [1.165, 1.54) is 37.0 Å². The van der Waals surface area contributed by atoms with Crippen LogP contribution in [0.1, 0.15) is 48.9 Å². The van der Waals surface area contributed by atoms with E-state index in [2.05, 4.69) is 10.2 Å². The van der Waals surface area contributed by atoms with Crippen molar-refractivity contribution in [3.05, 3.63) is 17.0 Å². The van der Waals surface area contributed by atoms with Gasteiger partial charge in [-0.3, -0.25) is 14.5 Å². The average molecular weight is 309 g/mol. The molecule has 0 aliphatic heterocycles. The van der Waals surface area contributed by atoms with Crippen molar-refractivity contribution in [2.45, 2.75) is 44.6 Å². The van der Waals surface area contributed by atoms with Gasteiger partial charge in [-0.1, -0.05) is 25.7 Å². The number of amides is 2. The Morgan fingerprint density at radius 1 is 1.33 bits per heavy atom. The number of anilines is 1. The number of rotatable bonds is 5. The zero-order valence-electron chi connectivity index (χ0n) is 12.4. The van der Waals surface area contributed by atoms with E-state index in [0.29, 0.717) is 23.2 Å². The van der Waals surface area contributed by atoms with Gasteiger partial charge in [-0.2, -0.15) is 0 Å². The number of hydrogen-bond donors (Lipinski definition) is 2. The molecule has 0 spiro atoms. The van der Waals surface area contributed by atoms with Crippen molar-refractivity contribution in [2.24, 2.45) is 5.73 Å². The molecule has 2 amide bonds. The fourth-order valence-electron chi connectivity index (χ4n) is 2.82. The van der Waals surface area contributed by atoms with Gasteiger partial charge in [0, 0.05) is 6.04 Å². The first-order chi connectivity index (χ1) is 10.1. The van der Waals surface area contributed by atoms with E-state index >= 15 is 0 Å². The molecule has 1 fully saturated rings. The Kier molecular flexibility index (Phi) is 5.76.